The van der Waals surface area contributed by atoms with E-state index in [2.05, 4.69) is 14.7 Å². The molecule has 0 unspecified atom stereocenters. The van der Waals surface area contributed by atoms with Crippen molar-refractivity contribution < 1.29 is 9.53 Å². The summed E-state index contributed by atoms with van der Waals surface area (Å²) < 4.78 is 6.36. The van der Waals surface area contributed by atoms with Crippen LogP contribution in [0.4, 0.5) is 5.82 Å². The molecule has 0 fully saturated rings. The third-order valence-electron chi connectivity index (χ3n) is 2.69. The van der Waals surface area contributed by atoms with Crippen LogP contribution >= 0.6 is 0 Å². The van der Waals surface area contributed by atoms with Crippen LogP contribution in [-0.2, 0) is 4.74 Å². The van der Waals surface area contributed by atoms with Crippen LogP contribution in [0, 0.1) is 13.8 Å². The van der Waals surface area contributed by atoms with Crippen molar-refractivity contribution in [2.75, 3.05) is 12.8 Å². The number of aryl methyl sites for hydroxylation is 2. The molecule has 0 aliphatic carbocycles. The maximum Gasteiger partial charge on any atom is 0.360 e. The molecule has 18 heavy (non-hydrogen) atoms. The Kier molecular flexibility index (Phi) is 3.01. The standard InChI is InChI=1S/C12H14N4O2/c1-7-6-14-5-4-9(7)16-8(2)15-10(11(16)13)12(17)18-3/h4-6H,13H2,1-3H3. The topological polar surface area (TPSA) is 83.0 Å². The summed E-state index contributed by atoms with van der Waals surface area (Å²) >= 11 is 0. The summed E-state index contributed by atoms with van der Waals surface area (Å²) in [7, 11) is 1.30. The maximum absolute atomic E-state index is 11.5. The van der Waals surface area contributed by atoms with Gasteiger partial charge in [0.25, 0.3) is 0 Å². The van der Waals surface area contributed by atoms with Crippen molar-refractivity contribution >= 4 is 11.8 Å². The SMILES string of the molecule is COC(=O)c1nc(C)n(-c2ccncc2C)c1N. The first kappa shape index (κ1) is 12.1. The second kappa shape index (κ2) is 4.48. The first-order valence-electron chi connectivity index (χ1n) is 5.40. The Hall–Kier alpha value is -2.37. The van der Waals surface area contributed by atoms with Gasteiger partial charge in [0.1, 0.15) is 11.6 Å². The summed E-state index contributed by atoms with van der Waals surface area (Å²) in [6, 6.07) is 1.82. The van der Waals surface area contributed by atoms with E-state index in [9.17, 15) is 4.79 Å². The first-order valence-corrected chi connectivity index (χ1v) is 5.40. The number of anilines is 1. The van der Waals surface area contributed by atoms with E-state index in [0.29, 0.717) is 5.82 Å². The number of rotatable bonds is 2. The second-order valence-electron chi connectivity index (χ2n) is 3.88. The lowest BCUT2D eigenvalue weighted by Gasteiger charge is -2.09. The molecule has 0 aliphatic rings. The van der Waals surface area contributed by atoms with Crippen LogP contribution in [0.5, 0.6) is 0 Å². The Morgan fingerprint density at radius 3 is 2.78 bits per heavy atom. The molecule has 2 rings (SSSR count). The fraction of sp³-hybridized carbons (Fsp3) is 0.250. The van der Waals surface area contributed by atoms with Crippen LogP contribution in [0.25, 0.3) is 5.69 Å². The Bertz CT molecular complexity index is 604. The molecular formula is C12H14N4O2. The van der Waals surface area contributed by atoms with Gasteiger partial charge in [-0.2, -0.15) is 0 Å². The van der Waals surface area contributed by atoms with E-state index in [1.54, 1.807) is 23.9 Å². The number of nitrogen functional groups attached to an aromatic ring is 1. The monoisotopic (exact) mass is 246 g/mol. The lowest BCUT2D eigenvalue weighted by molar-refractivity contribution is 0.0596. The number of carbonyl (C=O) groups is 1. The average Bonchev–Trinajstić information content (AvgIpc) is 2.65. The van der Waals surface area contributed by atoms with Crippen LogP contribution in [0.3, 0.4) is 0 Å². The number of imidazole rings is 1. The van der Waals surface area contributed by atoms with Crippen LogP contribution in [0.1, 0.15) is 21.9 Å². The predicted octanol–water partition coefficient (Wildman–Crippen LogP) is 1.25. The summed E-state index contributed by atoms with van der Waals surface area (Å²) in [5, 5.41) is 0. The molecule has 0 atom stereocenters. The second-order valence-corrected chi connectivity index (χ2v) is 3.88. The summed E-state index contributed by atoms with van der Waals surface area (Å²) in [4.78, 5) is 19.7. The minimum atomic E-state index is -0.541. The minimum absolute atomic E-state index is 0.131. The fourth-order valence-electron chi connectivity index (χ4n) is 1.82. The summed E-state index contributed by atoms with van der Waals surface area (Å²) in [6.07, 6.45) is 3.39. The van der Waals surface area contributed by atoms with Crippen molar-refractivity contribution in [1.29, 1.82) is 0 Å². The van der Waals surface area contributed by atoms with Crippen molar-refractivity contribution in [1.82, 2.24) is 14.5 Å². The van der Waals surface area contributed by atoms with Crippen molar-refractivity contribution in [3.63, 3.8) is 0 Å². The van der Waals surface area contributed by atoms with Gasteiger partial charge in [-0.25, -0.2) is 9.78 Å². The molecule has 0 aliphatic heterocycles. The van der Waals surface area contributed by atoms with E-state index < -0.39 is 5.97 Å². The average molecular weight is 246 g/mol. The molecule has 2 N–H and O–H groups in total. The summed E-state index contributed by atoms with van der Waals surface area (Å²) in [5.74, 6) is 0.358. The number of nitrogens with two attached hydrogens (primary N) is 1. The zero-order valence-corrected chi connectivity index (χ0v) is 10.5. The van der Waals surface area contributed by atoms with Crippen molar-refractivity contribution in [3.05, 3.63) is 35.5 Å². The van der Waals surface area contributed by atoms with Gasteiger partial charge < -0.3 is 10.5 Å². The third-order valence-corrected chi connectivity index (χ3v) is 2.69. The lowest BCUT2D eigenvalue weighted by Crippen LogP contribution is -2.08. The number of ether oxygens (including phenoxy) is 1. The van der Waals surface area contributed by atoms with Gasteiger partial charge in [0.05, 0.1) is 12.8 Å². The van der Waals surface area contributed by atoms with Gasteiger partial charge in [0.15, 0.2) is 5.69 Å². The highest BCUT2D eigenvalue weighted by atomic mass is 16.5. The zero-order chi connectivity index (χ0) is 13.3. The number of pyridine rings is 1. The Morgan fingerprint density at radius 2 is 2.17 bits per heavy atom. The first-order chi connectivity index (χ1) is 8.56. The largest absolute Gasteiger partial charge is 0.464 e. The highest BCUT2D eigenvalue weighted by Crippen LogP contribution is 2.22. The Balaban J connectivity index is 2.63. The molecule has 2 heterocycles. The maximum atomic E-state index is 11.5. The predicted molar refractivity (Wildman–Crippen MR) is 66.6 cm³/mol. The molecule has 0 aromatic carbocycles. The van der Waals surface area contributed by atoms with E-state index in [0.717, 1.165) is 11.3 Å². The van der Waals surface area contributed by atoms with E-state index in [-0.39, 0.29) is 11.5 Å². The quantitative estimate of drug-likeness (QED) is 0.806. The van der Waals surface area contributed by atoms with Gasteiger partial charge in [-0.05, 0) is 25.5 Å². The van der Waals surface area contributed by atoms with Crippen LogP contribution in [0.2, 0.25) is 0 Å². The van der Waals surface area contributed by atoms with Crippen molar-refractivity contribution in [3.8, 4) is 5.69 Å². The number of hydrogen-bond acceptors (Lipinski definition) is 5. The van der Waals surface area contributed by atoms with Gasteiger partial charge in [-0.15, -0.1) is 0 Å². The Morgan fingerprint density at radius 1 is 1.44 bits per heavy atom. The van der Waals surface area contributed by atoms with Gasteiger partial charge in [0, 0.05) is 12.4 Å². The van der Waals surface area contributed by atoms with Crippen LogP contribution in [0.15, 0.2) is 18.5 Å². The highest BCUT2D eigenvalue weighted by molar-refractivity contribution is 5.92. The molecule has 2 aromatic heterocycles. The molecule has 0 saturated carbocycles. The molecule has 2 aromatic rings. The molecule has 0 saturated heterocycles. The molecule has 0 amide bonds. The number of aromatic nitrogens is 3. The van der Waals surface area contributed by atoms with Gasteiger partial charge >= 0.3 is 5.97 Å². The van der Waals surface area contributed by atoms with Gasteiger partial charge in [-0.1, -0.05) is 0 Å². The molecule has 6 nitrogen and oxygen atoms in total. The molecule has 0 radical (unpaired) electrons. The number of esters is 1. The van der Waals surface area contributed by atoms with Crippen LogP contribution in [-0.4, -0.2) is 27.6 Å². The van der Waals surface area contributed by atoms with Crippen molar-refractivity contribution in [2.24, 2.45) is 0 Å². The number of carbonyl (C=O) groups excluding carboxylic acids is 1. The van der Waals surface area contributed by atoms with Crippen molar-refractivity contribution in [2.45, 2.75) is 13.8 Å². The van der Waals surface area contributed by atoms with E-state index >= 15 is 0 Å². The number of hydrogen-bond donors (Lipinski definition) is 1. The van der Waals surface area contributed by atoms with Crippen LogP contribution < -0.4 is 5.73 Å². The van der Waals surface area contributed by atoms with E-state index in [1.165, 1.54) is 7.11 Å². The molecule has 0 bridgehead atoms. The normalized spacial score (nSPS) is 10.4. The molecule has 94 valence electrons. The highest BCUT2D eigenvalue weighted by Gasteiger charge is 2.20. The summed E-state index contributed by atoms with van der Waals surface area (Å²) in [5.41, 5.74) is 7.89. The molecular weight excluding hydrogens is 232 g/mol. The van der Waals surface area contributed by atoms with Gasteiger partial charge in [-0.3, -0.25) is 9.55 Å². The summed E-state index contributed by atoms with van der Waals surface area (Å²) in [6.45, 7) is 3.70. The molecule has 0 spiro atoms. The molecule has 6 heteroatoms. The van der Waals surface area contributed by atoms with E-state index in [1.807, 2.05) is 13.0 Å². The smallest absolute Gasteiger partial charge is 0.360 e. The third kappa shape index (κ3) is 1.81. The van der Waals surface area contributed by atoms with E-state index in [4.69, 9.17) is 5.73 Å². The lowest BCUT2D eigenvalue weighted by atomic mass is 10.2. The number of methoxy groups -OCH3 is 1. The van der Waals surface area contributed by atoms with Gasteiger partial charge in [0.2, 0.25) is 0 Å². The fourth-order valence-corrected chi connectivity index (χ4v) is 1.82. The Labute approximate surface area is 104 Å². The zero-order valence-electron chi connectivity index (χ0n) is 10.5. The minimum Gasteiger partial charge on any atom is -0.464 e. The number of nitrogens with zero attached hydrogens (tertiary/aromatic N) is 3.